The fraction of sp³-hybridized carbons (Fsp3) is 0.133. The molecule has 0 aromatic heterocycles. The average Bonchev–Trinajstić information content (AvgIpc) is 2.59. The number of carbonyl (C=O) groups excluding carboxylic acids is 1. The minimum Gasteiger partial charge on any atom is -0.507 e. The number of carbonyl (C=O) groups is 1. The van der Waals surface area contributed by atoms with Gasteiger partial charge in [-0.15, -0.1) is 0 Å². The van der Waals surface area contributed by atoms with Crippen LogP contribution in [0, 0.1) is 15.9 Å². The summed E-state index contributed by atoms with van der Waals surface area (Å²) in [5.41, 5.74) is 4.37. The summed E-state index contributed by atoms with van der Waals surface area (Å²) in [5.74, 6) is -2.27. The number of aromatic hydroxyl groups is 1. The zero-order valence-electron chi connectivity index (χ0n) is 13.1. The van der Waals surface area contributed by atoms with E-state index in [4.69, 9.17) is 34.0 Å². The number of phenolic OH excluding ortho intramolecular Hbond substituents is 1. The lowest BCUT2D eigenvalue weighted by Crippen LogP contribution is -2.12. The molecule has 0 aliphatic carbocycles. The maximum Gasteiger partial charge on any atom is 0.271 e. The zero-order valence-corrected chi connectivity index (χ0v) is 14.6. The van der Waals surface area contributed by atoms with E-state index in [1.165, 1.54) is 6.07 Å². The van der Waals surface area contributed by atoms with Gasteiger partial charge in [0.05, 0.1) is 32.8 Å². The number of aliphatic hydroxyl groups is 1. The summed E-state index contributed by atoms with van der Waals surface area (Å²) in [6, 6.07) is 5.11. The van der Waals surface area contributed by atoms with Crippen LogP contribution in [0.25, 0.3) is 0 Å². The maximum absolute atomic E-state index is 13.1. The van der Waals surface area contributed by atoms with Gasteiger partial charge in [-0.1, -0.05) is 23.2 Å². The summed E-state index contributed by atoms with van der Waals surface area (Å²) in [5, 5.41) is 29.9. The molecular formula is C15H14Cl2FN3O5. The van der Waals surface area contributed by atoms with Gasteiger partial charge in [-0.05, 0) is 12.1 Å². The molecular weight excluding hydrogens is 392 g/mol. The van der Waals surface area contributed by atoms with Crippen LogP contribution in [0.5, 0.6) is 5.75 Å². The minimum atomic E-state index is -0.871. The standard InChI is InChI=1S/C13H7Cl2FN2O4.C2H7NO/c14-8-4-7(12(19)5-10(8)16)13(20)17-11-2-1-6(18(21)22)3-9(11)15;3-1-2-4/h1-5,19H,(H,17,20);4H,1-3H2. The van der Waals surface area contributed by atoms with Crippen molar-refractivity contribution in [2.75, 3.05) is 18.5 Å². The normalized spacial score (nSPS) is 9.88. The molecule has 0 heterocycles. The first-order valence-electron chi connectivity index (χ1n) is 6.95. The third kappa shape index (κ3) is 5.81. The van der Waals surface area contributed by atoms with Crippen LogP contribution in [-0.4, -0.2) is 34.2 Å². The van der Waals surface area contributed by atoms with Crippen molar-refractivity contribution < 1.29 is 24.3 Å². The zero-order chi connectivity index (χ0) is 19.9. The summed E-state index contributed by atoms with van der Waals surface area (Å²) in [6.45, 7) is 0.472. The Bertz CT molecular complexity index is 818. The Morgan fingerprint density at radius 2 is 1.88 bits per heavy atom. The number of non-ortho nitro benzene ring substituents is 1. The van der Waals surface area contributed by atoms with E-state index in [-0.39, 0.29) is 33.6 Å². The second-order valence-electron chi connectivity index (χ2n) is 4.67. The molecule has 1 amide bonds. The van der Waals surface area contributed by atoms with Crippen LogP contribution in [0.2, 0.25) is 10.0 Å². The number of anilines is 1. The summed E-state index contributed by atoms with van der Waals surface area (Å²) in [4.78, 5) is 22.0. The van der Waals surface area contributed by atoms with Gasteiger partial charge in [0.1, 0.15) is 11.6 Å². The number of halogens is 3. The highest BCUT2D eigenvalue weighted by Crippen LogP contribution is 2.29. The van der Waals surface area contributed by atoms with Gasteiger partial charge in [-0.3, -0.25) is 14.9 Å². The monoisotopic (exact) mass is 405 g/mol. The Kier molecular flexibility index (Phi) is 8.20. The van der Waals surface area contributed by atoms with Gasteiger partial charge in [0.2, 0.25) is 0 Å². The maximum atomic E-state index is 13.1. The topological polar surface area (TPSA) is 139 Å². The van der Waals surface area contributed by atoms with E-state index in [1.54, 1.807) is 0 Å². The SMILES string of the molecule is NCCO.O=C(Nc1ccc([N+](=O)[O-])cc1Cl)c1cc(Cl)c(F)cc1O. The molecule has 0 atom stereocenters. The number of hydrogen-bond acceptors (Lipinski definition) is 6. The lowest BCUT2D eigenvalue weighted by atomic mass is 10.1. The Hall–Kier alpha value is -2.46. The molecule has 8 nitrogen and oxygen atoms in total. The van der Waals surface area contributed by atoms with Crippen LogP contribution in [0.15, 0.2) is 30.3 Å². The second-order valence-corrected chi connectivity index (χ2v) is 5.49. The Labute approximate surface area is 157 Å². The van der Waals surface area contributed by atoms with Crippen LogP contribution < -0.4 is 11.1 Å². The predicted octanol–water partition coefficient (Wildman–Crippen LogP) is 2.94. The number of aliphatic hydroxyl groups excluding tert-OH is 1. The molecule has 0 unspecified atom stereocenters. The van der Waals surface area contributed by atoms with E-state index in [1.807, 2.05) is 0 Å². The molecule has 0 saturated carbocycles. The number of nitrogens with two attached hydrogens (primary N) is 1. The lowest BCUT2D eigenvalue weighted by molar-refractivity contribution is -0.384. The fourth-order valence-corrected chi connectivity index (χ4v) is 2.01. The van der Waals surface area contributed by atoms with E-state index >= 15 is 0 Å². The largest absolute Gasteiger partial charge is 0.507 e. The quantitative estimate of drug-likeness (QED) is 0.455. The van der Waals surface area contributed by atoms with Gasteiger partial charge >= 0.3 is 0 Å². The summed E-state index contributed by atoms with van der Waals surface area (Å²) in [6.07, 6.45) is 0. The summed E-state index contributed by atoms with van der Waals surface area (Å²) >= 11 is 11.4. The van der Waals surface area contributed by atoms with Crippen molar-refractivity contribution >= 4 is 40.5 Å². The van der Waals surface area contributed by atoms with Gasteiger partial charge in [0.25, 0.3) is 11.6 Å². The second kappa shape index (κ2) is 9.88. The van der Waals surface area contributed by atoms with Crippen molar-refractivity contribution in [2.45, 2.75) is 0 Å². The lowest BCUT2D eigenvalue weighted by Gasteiger charge is -2.09. The summed E-state index contributed by atoms with van der Waals surface area (Å²) < 4.78 is 13.1. The molecule has 5 N–H and O–H groups in total. The highest BCUT2D eigenvalue weighted by molar-refractivity contribution is 6.34. The number of nitro benzene ring substituents is 1. The first-order valence-corrected chi connectivity index (χ1v) is 7.71. The number of nitro groups is 1. The number of rotatable bonds is 4. The van der Waals surface area contributed by atoms with Crippen molar-refractivity contribution in [3.63, 3.8) is 0 Å². The van der Waals surface area contributed by atoms with Crippen LogP contribution >= 0.6 is 23.2 Å². The van der Waals surface area contributed by atoms with E-state index in [0.717, 1.165) is 18.2 Å². The molecule has 11 heteroatoms. The molecule has 0 aliphatic heterocycles. The van der Waals surface area contributed by atoms with Crippen molar-refractivity contribution in [2.24, 2.45) is 5.73 Å². The van der Waals surface area contributed by atoms with Gasteiger partial charge in [0.15, 0.2) is 0 Å². The van der Waals surface area contributed by atoms with Crippen molar-refractivity contribution in [1.82, 2.24) is 0 Å². The van der Waals surface area contributed by atoms with Gasteiger partial charge in [-0.25, -0.2) is 4.39 Å². The molecule has 0 fully saturated rings. The van der Waals surface area contributed by atoms with Crippen LogP contribution in [-0.2, 0) is 0 Å². The van der Waals surface area contributed by atoms with E-state index < -0.39 is 22.4 Å². The van der Waals surface area contributed by atoms with Crippen LogP contribution in [0.3, 0.4) is 0 Å². The minimum absolute atomic E-state index is 0.0600. The van der Waals surface area contributed by atoms with Gasteiger partial charge in [0, 0.05) is 24.7 Å². The van der Waals surface area contributed by atoms with Crippen LogP contribution in [0.4, 0.5) is 15.8 Å². The Balaban J connectivity index is 0.000000765. The van der Waals surface area contributed by atoms with Crippen molar-refractivity contribution in [3.8, 4) is 5.75 Å². The van der Waals surface area contributed by atoms with E-state index in [9.17, 15) is 24.4 Å². The third-order valence-corrected chi connectivity index (χ3v) is 3.43. The highest BCUT2D eigenvalue weighted by atomic mass is 35.5. The molecule has 0 aliphatic rings. The number of phenols is 1. The molecule has 0 spiro atoms. The summed E-state index contributed by atoms with van der Waals surface area (Å²) in [7, 11) is 0. The van der Waals surface area contributed by atoms with Crippen molar-refractivity contribution in [1.29, 1.82) is 0 Å². The van der Waals surface area contributed by atoms with Crippen molar-refractivity contribution in [3.05, 3.63) is 61.9 Å². The number of nitrogens with one attached hydrogen (secondary N) is 1. The smallest absolute Gasteiger partial charge is 0.271 e. The highest BCUT2D eigenvalue weighted by Gasteiger charge is 2.17. The Morgan fingerprint density at radius 3 is 2.38 bits per heavy atom. The molecule has 0 saturated heterocycles. The van der Waals surface area contributed by atoms with E-state index in [0.29, 0.717) is 12.6 Å². The van der Waals surface area contributed by atoms with Gasteiger partial charge in [-0.2, -0.15) is 0 Å². The molecule has 26 heavy (non-hydrogen) atoms. The first kappa shape index (κ1) is 21.6. The molecule has 0 radical (unpaired) electrons. The number of nitrogens with zero attached hydrogens (tertiary/aromatic N) is 1. The predicted molar refractivity (Wildman–Crippen MR) is 95.3 cm³/mol. The fourth-order valence-electron chi connectivity index (χ4n) is 1.63. The molecule has 2 aromatic rings. The molecule has 2 rings (SSSR count). The third-order valence-electron chi connectivity index (χ3n) is 2.82. The van der Waals surface area contributed by atoms with Gasteiger partial charge < -0.3 is 21.3 Å². The molecule has 0 bridgehead atoms. The number of benzene rings is 2. The number of hydrogen-bond donors (Lipinski definition) is 4. The van der Waals surface area contributed by atoms with Crippen LogP contribution in [0.1, 0.15) is 10.4 Å². The molecule has 140 valence electrons. The average molecular weight is 406 g/mol. The Morgan fingerprint density at radius 1 is 1.27 bits per heavy atom. The van der Waals surface area contributed by atoms with E-state index in [2.05, 4.69) is 5.32 Å². The molecule has 2 aromatic carbocycles. The first-order chi connectivity index (χ1) is 12.2. The number of amides is 1.